The summed E-state index contributed by atoms with van der Waals surface area (Å²) < 4.78 is 2.27. The van der Waals surface area contributed by atoms with Crippen LogP contribution in [0.15, 0.2) is 52.6 Å². The summed E-state index contributed by atoms with van der Waals surface area (Å²) in [6.07, 6.45) is 4.47. The highest BCUT2D eigenvalue weighted by molar-refractivity contribution is 9.10. The van der Waals surface area contributed by atoms with E-state index in [2.05, 4.69) is 56.0 Å². The molecule has 0 aliphatic rings. The lowest BCUT2D eigenvalue weighted by Crippen LogP contribution is -2.29. The molecular formula is C15H14BrN3S. The molecule has 3 rings (SSSR count). The number of nitrogens with zero attached hydrogens (tertiary/aromatic N) is 1. The summed E-state index contributed by atoms with van der Waals surface area (Å²) >= 11 is 5.22. The Hall–Kier alpha value is -1.27. The third kappa shape index (κ3) is 2.76. The van der Waals surface area contributed by atoms with Crippen molar-refractivity contribution in [3.05, 3.63) is 63.7 Å². The quantitative estimate of drug-likeness (QED) is 0.557. The molecule has 102 valence electrons. The third-order valence-electron chi connectivity index (χ3n) is 3.31. The van der Waals surface area contributed by atoms with Gasteiger partial charge < -0.3 is 0 Å². The Balaban J connectivity index is 1.92. The number of benzene rings is 1. The molecule has 3 N–H and O–H groups in total. The lowest BCUT2D eigenvalue weighted by atomic mass is 10.0. The van der Waals surface area contributed by atoms with Crippen molar-refractivity contribution in [1.82, 2.24) is 10.4 Å². The van der Waals surface area contributed by atoms with Crippen molar-refractivity contribution in [3.8, 4) is 0 Å². The molecule has 1 unspecified atom stereocenters. The van der Waals surface area contributed by atoms with Gasteiger partial charge in [0.15, 0.2) is 0 Å². The number of hydrazine groups is 1. The Bertz CT molecular complexity index is 726. The van der Waals surface area contributed by atoms with Crippen LogP contribution in [0.4, 0.5) is 0 Å². The fourth-order valence-electron chi connectivity index (χ4n) is 2.30. The molecule has 0 aliphatic carbocycles. The number of pyridine rings is 1. The zero-order chi connectivity index (χ0) is 13.9. The van der Waals surface area contributed by atoms with Crippen LogP contribution in [0.5, 0.6) is 0 Å². The van der Waals surface area contributed by atoms with Gasteiger partial charge >= 0.3 is 0 Å². The van der Waals surface area contributed by atoms with Gasteiger partial charge in [0.2, 0.25) is 0 Å². The molecule has 3 nitrogen and oxygen atoms in total. The number of halogens is 1. The summed E-state index contributed by atoms with van der Waals surface area (Å²) in [5.41, 5.74) is 5.29. The third-order valence-corrected chi connectivity index (χ3v) is 4.76. The second-order valence-corrected chi connectivity index (χ2v) is 6.44. The molecule has 0 aliphatic heterocycles. The SMILES string of the molecule is NNC(Cc1csc2ccccc12)c1cncc(Br)c1. The van der Waals surface area contributed by atoms with Gasteiger partial charge in [-0.3, -0.25) is 16.3 Å². The van der Waals surface area contributed by atoms with E-state index in [-0.39, 0.29) is 6.04 Å². The Morgan fingerprint density at radius 1 is 1.30 bits per heavy atom. The predicted molar refractivity (Wildman–Crippen MR) is 87.5 cm³/mol. The molecule has 0 amide bonds. The van der Waals surface area contributed by atoms with Crippen LogP contribution < -0.4 is 11.3 Å². The normalized spacial score (nSPS) is 12.7. The van der Waals surface area contributed by atoms with E-state index in [1.807, 2.05) is 12.3 Å². The van der Waals surface area contributed by atoms with Crippen LogP contribution in [-0.4, -0.2) is 4.98 Å². The van der Waals surface area contributed by atoms with Gasteiger partial charge in [0.1, 0.15) is 0 Å². The summed E-state index contributed by atoms with van der Waals surface area (Å²) in [5, 5.41) is 3.51. The van der Waals surface area contributed by atoms with Crippen molar-refractivity contribution in [2.75, 3.05) is 0 Å². The van der Waals surface area contributed by atoms with Crippen molar-refractivity contribution in [2.45, 2.75) is 12.5 Å². The lowest BCUT2D eigenvalue weighted by molar-refractivity contribution is 0.552. The zero-order valence-corrected chi connectivity index (χ0v) is 13.1. The van der Waals surface area contributed by atoms with Gasteiger partial charge in [-0.05, 0) is 56.4 Å². The van der Waals surface area contributed by atoms with E-state index in [0.717, 1.165) is 16.5 Å². The van der Waals surface area contributed by atoms with Crippen LogP contribution in [0.3, 0.4) is 0 Å². The van der Waals surface area contributed by atoms with Crippen molar-refractivity contribution in [1.29, 1.82) is 0 Å². The molecule has 5 heteroatoms. The topological polar surface area (TPSA) is 50.9 Å². The van der Waals surface area contributed by atoms with Crippen LogP contribution >= 0.6 is 27.3 Å². The Kier molecular flexibility index (Phi) is 4.12. The molecule has 0 spiro atoms. The molecule has 20 heavy (non-hydrogen) atoms. The van der Waals surface area contributed by atoms with Crippen LogP contribution in [0.25, 0.3) is 10.1 Å². The van der Waals surface area contributed by atoms with Crippen LogP contribution in [0.1, 0.15) is 17.2 Å². The standard InChI is InChI=1S/C15H14BrN3S/c16-12-5-10(7-18-8-12)14(19-17)6-11-9-20-15-4-2-1-3-13(11)15/h1-5,7-9,14,19H,6,17H2. The minimum Gasteiger partial charge on any atom is -0.271 e. The summed E-state index contributed by atoms with van der Waals surface area (Å²) in [4.78, 5) is 4.20. The maximum Gasteiger partial charge on any atom is 0.0516 e. The molecule has 0 fully saturated rings. The predicted octanol–water partition coefficient (Wildman–Crippen LogP) is 3.81. The maximum atomic E-state index is 5.73. The summed E-state index contributed by atoms with van der Waals surface area (Å²) in [6.45, 7) is 0. The zero-order valence-electron chi connectivity index (χ0n) is 10.7. The average molecular weight is 348 g/mol. The number of rotatable bonds is 4. The number of aromatic nitrogens is 1. The van der Waals surface area contributed by atoms with Gasteiger partial charge in [0.25, 0.3) is 0 Å². The van der Waals surface area contributed by atoms with Crippen LogP contribution in [0.2, 0.25) is 0 Å². The number of hydrogen-bond donors (Lipinski definition) is 2. The Labute approximate surface area is 129 Å². The van der Waals surface area contributed by atoms with E-state index in [0.29, 0.717) is 0 Å². The molecular weight excluding hydrogens is 334 g/mol. The minimum absolute atomic E-state index is 0.0537. The van der Waals surface area contributed by atoms with E-state index < -0.39 is 0 Å². The number of nitrogens with two attached hydrogens (primary N) is 1. The number of thiophene rings is 1. The second kappa shape index (κ2) is 6.01. The van der Waals surface area contributed by atoms with E-state index in [4.69, 9.17) is 5.84 Å². The van der Waals surface area contributed by atoms with Crippen molar-refractivity contribution >= 4 is 37.4 Å². The first-order chi connectivity index (χ1) is 9.78. The van der Waals surface area contributed by atoms with Gasteiger partial charge in [-0.2, -0.15) is 0 Å². The van der Waals surface area contributed by atoms with Gasteiger partial charge in [0.05, 0.1) is 6.04 Å². The fourth-order valence-corrected chi connectivity index (χ4v) is 3.66. The number of hydrogen-bond acceptors (Lipinski definition) is 4. The lowest BCUT2D eigenvalue weighted by Gasteiger charge is -2.16. The largest absolute Gasteiger partial charge is 0.271 e. The molecule has 1 aromatic carbocycles. The summed E-state index contributed by atoms with van der Waals surface area (Å²) in [6, 6.07) is 10.6. The molecule has 2 aromatic heterocycles. The van der Waals surface area contributed by atoms with Crippen molar-refractivity contribution in [3.63, 3.8) is 0 Å². The average Bonchev–Trinajstić information content (AvgIpc) is 2.88. The van der Waals surface area contributed by atoms with Crippen molar-refractivity contribution in [2.24, 2.45) is 5.84 Å². The van der Waals surface area contributed by atoms with E-state index in [1.54, 1.807) is 17.5 Å². The first kappa shape index (κ1) is 13.7. The van der Waals surface area contributed by atoms with Gasteiger partial charge in [-0.25, -0.2) is 0 Å². The highest BCUT2D eigenvalue weighted by Gasteiger charge is 2.14. The smallest absolute Gasteiger partial charge is 0.0516 e. The van der Waals surface area contributed by atoms with E-state index in [9.17, 15) is 0 Å². The molecule has 0 bridgehead atoms. The summed E-state index contributed by atoms with van der Waals surface area (Å²) in [5.74, 6) is 5.73. The molecule has 3 aromatic rings. The summed E-state index contributed by atoms with van der Waals surface area (Å²) in [7, 11) is 0. The Morgan fingerprint density at radius 2 is 2.15 bits per heavy atom. The first-order valence-electron chi connectivity index (χ1n) is 6.29. The van der Waals surface area contributed by atoms with Gasteiger partial charge in [-0.15, -0.1) is 11.3 Å². The second-order valence-electron chi connectivity index (χ2n) is 4.62. The maximum absolute atomic E-state index is 5.73. The molecule has 2 heterocycles. The molecule has 1 atom stereocenters. The van der Waals surface area contributed by atoms with Crippen LogP contribution in [0, 0.1) is 0 Å². The Morgan fingerprint density at radius 3 is 2.95 bits per heavy atom. The molecule has 0 saturated carbocycles. The minimum atomic E-state index is 0.0537. The van der Waals surface area contributed by atoms with Gasteiger partial charge in [-0.1, -0.05) is 18.2 Å². The molecule has 0 radical (unpaired) electrons. The highest BCUT2D eigenvalue weighted by Crippen LogP contribution is 2.29. The van der Waals surface area contributed by atoms with Crippen molar-refractivity contribution < 1.29 is 0 Å². The van der Waals surface area contributed by atoms with E-state index in [1.165, 1.54) is 15.6 Å². The molecule has 0 saturated heterocycles. The number of fused-ring (bicyclic) bond motifs is 1. The number of nitrogens with one attached hydrogen (secondary N) is 1. The van der Waals surface area contributed by atoms with Gasteiger partial charge in [0, 0.05) is 21.6 Å². The monoisotopic (exact) mass is 347 g/mol. The fraction of sp³-hybridized carbons (Fsp3) is 0.133. The first-order valence-corrected chi connectivity index (χ1v) is 7.97. The van der Waals surface area contributed by atoms with Crippen LogP contribution in [-0.2, 0) is 6.42 Å². The van der Waals surface area contributed by atoms with E-state index >= 15 is 0 Å². The highest BCUT2D eigenvalue weighted by atomic mass is 79.9.